The van der Waals surface area contributed by atoms with Crippen molar-refractivity contribution in [3.05, 3.63) is 24.3 Å². The molecule has 0 saturated carbocycles. The zero-order chi connectivity index (χ0) is 17.9. The first-order chi connectivity index (χ1) is 12.1. The number of rotatable bonds is 5. The number of carbonyl (C=O) groups is 1. The molecule has 1 aromatic carbocycles. The summed E-state index contributed by atoms with van der Waals surface area (Å²) in [6.07, 6.45) is 8.69. The van der Waals surface area contributed by atoms with Gasteiger partial charge in [-0.3, -0.25) is 4.79 Å². The maximum absolute atomic E-state index is 12.6. The number of terminal acetylenes is 1. The van der Waals surface area contributed by atoms with Crippen molar-refractivity contribution in [1.29, 1.82) is 0 Å². The van der Waals surface area contributed by atoms with Crippen molar-refractivity contribution in [3.63, 3.8) is 0 Å². The van der Waals surface area contributed by atoms with E-state index in [1.807, 2.05) is 38.1 Å². The van der Waals surface area contributed by atoms with E-state index in [9.17, 15) is 4.79 Å². The third kappa shape index (κ3) is 3.48. The number of fused-ring (bicyclic) bond motifs is 1. The molecule has 1 N–H and O–H groups in total. The first-order valence-corrected chi connectivity index (χ1v) is 9.01. The fourth-order valence-electron chi connectivity index (χ4n) is 3.33. The minimum atomic E-state index is -0.519. The molecule has 1 saturated heterocycles. The molecule has 2 heterocycles. The van der Waals surface area contributed by atoms with Crippen LogP contribution in [0, 0.1) is 18.3 Å². The van der Waals surface area contributed by atoms with Crippen molar-refractivity contribution in [2.75, 3.05) is 18.0 Å². The number of aromatic nitrogens is 1. The molecule has 0 radical (unpaired) electrons. The van der Waals surface area contributed by atoms with Crippen LogP contribution in [0.5, 0.6) is 0 Å². The molecule has 0 unspecified atom stereocenters. The summed E-state index contributed by atoms with van der Waals surface area (Å²) in [5.41, 5.74) is 1.14. The number of oxazole rings is 1. The van der Waals surface area contributed by atoms with Crippen molar-refractivity contribution >= 4 is 23.0 Å². The third-order valence-corrected chi connectivity index (χ3v) is 5.26. The quantitative estimate of drug-likeness (QED) is 0.849. The second-order valence-electron chi connectivity index (χ2n) is 6.65. The molecular formula is C20H25N3O2. The monoisotopic (exact) mass is 339 g/mol. The minimum Gasteiger partial charge on any atom is -0.423 e. The van der Waals surface area contributed by atoms with E-state index < -0.39 is 5.54 Å². The Morgan fingerprint density at radius 3 is 2.64 bits per heavy atom. The molecule has 0 atom stereocenters. The summed E-state index contributed by atoms with van der Waals surface area (Å²) in [6, 6.07) is 8.38. The molecular weight excluding hydrogens is 314 g/mol. The number of benzene rings is 1. The number of hydrogen-bond acceptors (Lipinski definition) is 4. The van der Waals surface area contributed by atoms with Gasteiger partial charge in [-0.05, 0) is 37.8 Å². The molecule has 2 aromatic rings. The van der Waals surface area contributed by atoms with E-state index in [2.05, 4.69) is 21.1 Å². The van der Waals surface area contributed by atoms with E-state index in [1.165, 1.54) is 0 Å². The average Bonchev–Trinajstić information content (AvgIpc) is 3.10. The lowest BCUT2D eigenvalue weighted by Crippen LogP contribution is -2.50. The SMILES string of the molecule is C#CC(CC)(CC)NC(=O)C1CCN(c2nc3ccccc3o2)CC1. The van der Waals surface area contributed by atoms with Gasteiger partial charge in [0.2, 0.25) is 5.91 Å². The summed E-state index contributed by atoms with van der Waals surface area (Å²) in [4.78, 5) is 19.3. The maximum Gasteiger partial charge on any atom is 0.298 e. The van der Waals surface area contributed by atoms with Crippen LogP contribution in [0.25, 0.3) is 11.1 Å². The molecule has 1 aliphatic rings. The van der Waals surface area contributed by atoms with E-state index in [0.29, 0.717) is 6.01 Å². The van der Waals surface area contributed by atoms with Crippen LogP contribution in [0.2, 0.25) is 0 Å². The van der Waals surface area contributed by atoms with Gasteiger partial charge in [0, 0.05) is 19.0 Å². The van der Waals surface area contributed by atoms with E-state index >= 15 is 0 Å². The van der Waals surface area contributed by atoms with Crippen LogP contribution in [-0.4, -0.2) is 29.5 Å². The second-order valence-corrected chi connectivity index (χ2v) is 6.65. The molecule has 0 spiro atoms. The minimum absolute atomic E-state index is 0.00791. The van der Waals surface area contributed by atoms with E-state index in [-0.39, 0.29) is 11.8 Å². The van der Waals surface area contributed by atoms with Crippen molar-refractivity contribution < 1.29 is 9.21 Å². The van der Waals surface area contributed by atoms with Crippen LogP contribution in [0.1, 0.15) is 39.5 Å². The van der Waals surface area contributed by atoms with Crippen LogP contribution in [0.15, 0.2) is 28.7 Å². The van der Waals surface area contributed by atoms with Gasteiger partial charge in [-0.2, -0.15) is 4.98 Å². The average molecular weight is 339 g/mol. The Bertz CT molecular complexity index is 745. The maximum atomic E-state index is 12.6. The summed E-state index contributed by atoms with van der Waals surface area (Å²) in [5, 5.41) is 3.09. The van der Waals surface area contributed by atoms with Gasteiger partial charge in [0.25, 0.3) is 6.01 Å². The number of nitrogens with zero attached hydrogens (tertiary/aromatic N) is 2. The summed E-state index contributed by atoms with van der Waals surface area (Å²) < 4.78 is 5.82. The molecule has 1 amide bonds. The first-order valence-electron chi connectivity index (χ1n) is 9.01. The first kappa shape index (κ1) is 17.3. The van der Waals surface area contributed by atoms with Crippen LogP contribution >= 0.6 is 0 Å². The fourth-order valence-corrected chi connectivity index (χ4v) is 3.33. The van der Waals surface area contributed by atoms with Crippen molar-refractivity contribution in [2.24, 2.45) is 5.92 Å². The lowest BCUT2D eigenvalue weighted by Gasteiger charge is -2.33. The molecule has 132 valence electrons. The molecule has 1 aliphatic heterocycles. The number of anilines is 1. The molecule has 0 bridgehead atoms. The van der Waals surface area contributed by atoms with Gasteiger partial charge in [0.1, 0.15) is 11.1 Å². The molecule has 5 nitrogen and oxygen atoms in total. The van der Waals surface area contributed by atoms with E-state index in [4.69, 9.17) is 10.8 Å². The van der Waals surface area contributed by atoms with Gasteiger partial charge < -0.3 is 14.6 Å². The molecule has 3 rings (SSSR count). The molecule has 1 fully saturated rings. The normalized spacial score (nSPS) is 16.0. The number of para-hydroxylation sites is 2. The topological polar surface area (TPSA) is 58.4 Å². The van der Waals surface area contributed by atoms with Crippen molar-refractivity contribution in [3.8, 4) is 12.3 Å². The number of piperidine rings is 1. The Morgan fingerprint density at radius 1 is 1.36 bits per heavy atom. The van der Waals surface area contributed by atoms with Gasteiger partial charge in [-0.25, -0.2) is 0 Å². The highest BCUT2D eigenvalue weighted by atomic mass is 16.4. The fraction of sp³-hybridized carbons (Fsp3) is 0.500. The number of carbonyl (C=O) groups excluding carboxylic acids is 1. The highest BCUT2D eigenvalue weighted by Gasteiger charge is 2.32. The number of amides is 1. The van der Waals surface area contributed by atoms with Gasteiger partial charge in [0.15, 0.2) is 5.58 Å². The number of nitrogens with one attached hydrogen (secondary N) is 1. The molecule has 25 heavy (non-hydrogen) atoms. The molecule has 1 aromatic heterocycles. The van der Waals surface area contributed by atoms with Crippen LogP contribution in [0.3, 0.4) is 0 Å². The van der Waals surface area contributed by atoms with Gasteiger partial charge in [-0.15, -0.1) is 6.42 Å². The van der Waals surface area contributed by atoms with Gasteiger partial charge >= 0.3 is 0 Å². The third-order valence-electron chi connectivity index (χ3n) is 5.26. The Kier molecular flexibility index (Phi) is 4.98. The summed E-state index contributed by atoms with van der Waals surface area (Å²) in [5.74, 6) is 2.83. The zero-order valence-electron chi connectivity index (χ0n) is 14.9. The second kappa shape index (κ2) is 7.18. The largest absolute Gasteiger partial charge is 0.423 e. The zero-order valence-corrected chi connectivity index (χ0v) is 14.9. The van der Waals surface area contributed by atoms with E-state index in [1.54, 1.807) is 0 Å². The lowest BCUT2D eigenvalue weighted by molar-refractivity contribution is -0.127. The van der Waals surface area contributed by atoms with Crippen molar-refractivity contribution in [2.45, 2.75) is 45.1 Å². The highest BCUT2D eigenvalue weighted by molar-refractivity contribution is 5.80. The lowest BCUT2D eigenvalue weighted by atomic mass is 9.90. The smallest absolute Gasteiger partial charge is 0.298 e. The molecule has 5 heteroatoms. The highest BCUT2D eigenvalue weighted by Crippen LogP contribution is 2.27. The Balaban J connectivity index is 1.61. The Labute approximate surface area is 148 Å². The standard InChI is InChI=1S/C20H25N3O2/c1-4-20(5-2,6-3)22-18(24)15-11-13-23(14-12-15)19-21-16-9-7-8-10-17(16)25-19/h1,7-10,15H,5-6,11-14H2,2-3H3,(H,22,24). The van der Waals surface area contributed by atoms with Crippen LogP contribution < -0.4 is 10.2 Å². The summed E-state index contributed by atoms with van der Waals surface area (Å²) in [6.45, 7) is 5.54. The van der Waals surface area contributed by atoms with Crippen LogP contribution in [0.4, 0.5) is 6.01 Å². The summed E-state index contributed by atoms with van der Waals surface area (Å²) >= 11 is 0. The summed E-state index contributed by atoms with van der Waals surface area (Å²) in [7, 11) is 0. The predicted molar refractivity (Wildman–Crippen MR) is 99.2 cm³/mol. The van der Waals surface area contributed by atoms with Gasteiger partial charge in [-0.1, -0.05) is 31.9 Å². The predicted octanol–water partition coefficient (Wildman–Crippen LogP) is 3.35. The molecule has 0 aliphatic carbocycles. The Hall–Kier alpha value is -2.48. The number of hydrogen-bond donors (Lipinski definition) is 1. The van der Waals surface area contributed by atoms with E-state index in [0.717, 1.165) is 49.9 Å². The Morgan fingerprint density at radius 2 is 2.04 bits per heavy atom. The van der Waals surface area contributed by atoms with Gasteiger partial charge in [0.05, 0.1) is 0 Å². The van der Waals surface area contributed by atoms with Crippen LogP contribution in [-0.2, 0) is 4.79 Å². The van der Waals surface area contributed by atoms with Crippen molar-refractivity contribution in [1.82, 2.24) is 10.3 Å².